The van der Waals surface area contributed by atoms with Gasteiger partial charge >= 0.3 is 5.97 Å². The lowest BCUT2D eigenvalue weighted by Crippen LogP contribution is -2.36. The number of aromatic carboxylic acids is 1. The highest BCUT2D eigenvalue weighted by molar-refractivity contribution is 6.02. The number of ether oxygens (including phenoxy) is 1. The van der Waals surface area contributed by atoms with Crippen LogP contribution in [0.3, 0.4) is 0 Å². The van der Waals surface area contributed by atoms with Crippen molar-refractivity contribution < 1.29 is 23.8 Å². The molecule has 4 N–H and O–H groups in total. The summed E-state index contributed by atoms with van der Waals surface area (Å²) in [4.78, 5) is 22.8. The second-order valence-electron chi connectivity index (χ2n) is 4.23. The molecule has 7 heteroatoms. The topological polar surface area (TPSA) is 102 Å². The van der Waals surface area contributed by atoms with E-state index in [2.05, 4.69) is 5.32 Å². The first-order valence-electron chi connectivity index (χ1n) is 6.04. The minimum atomic E-state index is -1.26. The zero-order chi connectivity index (χ0) is 15.1. The van der Waals surface area contributed by atoms with Crippen molar-refractivity contribution in [2.45, 2.75) is 18.9 Å². The van der Waals surface area contributed by atoms with E-state index in [-0.39, 0.29) is 11.3 Å². The molecule has 1 unspecified atom stereocenters. The van der Waals surface area contributed by atoms with E-state index in [0.717, 1.165) is 18.2 Å². The third kappa shape index (κ3) is 4.60. The van der Waals surface area contributed by atoms with Crippen LogP contribution in [0.1, 0.15) is 23.2 Å². The zero-order valence-corrected chi connectivity index (χ0v) is 11.1. The number of carbonyl (C=O) groups excluding carboxylic acids is 1. The van der Waals surface area contributed by atoms with Crippen LogP contribution in [-0.4, -0.2) is 36.7 Å². The monoisotopic (exact) mass is 284 g/mol. The molecule has 1 atom stereocenters. The number of carboxylic acid groups (broad SMARTS) is 1. The summed E-state index contributed by atoms with van der Waals surface area (Å²) in [6.45, 7) is 0.474. The van der Waals surface area contributed by atoms with Crippen LogP contribution >= 0.6 is 0 Å². The minimum Gasteiger partial charge on any atom is -0.478 e. The van der Waals surface area contributed by atoms with E-state index >= 15 is 0 Å². The van der Waals surface area contributed by atoms with Gasteiger partial charge in [-0.15, -0.1) is 0 Å². The number of amides is 1. The molecule has 1 aromatic carbocycles. The van der Waals surface area contributed by atoms with Crippen LogP contribution in [0.5, 0.6) is 0 Å². The Morgan fingerprint density at radius 1 is 1.50 bits per heavy atom. The van der Waals surface area contributed by atoms with Crippen molar-refractivity contribution in [2.75, 3.05) is 19.0 Å². The quantitative estimate of drug-likeness (QED) is 0.653. The summed E-state index contributed by atoms with van der Waals surface area (Å²) in [6.07, 6.45) is 0.984. The van der Waals surface area contributed by atoms with Crippen LogP contribution in [0.15, 0.2) is 18.2 Å². The normalized spacial score (nSPS) is 11.9. The van der Waals surface area contributed by atoms with E-state index in [1.54, 1.807) is 0 Å². The lowest BCUT2D eigenvalue weighted by atomic mass is 10.1. The number of methoxy groups -OCH3 is 1. The van der Waals surface area contributed by atoms with Gasteiger partial charge in [-0.2, -0.15) is 0 Å². The number of carbonyl (C=O) groups is 2. The van der Waals surface area contributed by atoms with Gasteiger partial charge in [-0.05, 0) is 31.0 Å². The molecule has 0 heterocycles. The van der Waals surface area contributed by atoms with Gasteiger partial charge in [-0.3, -0.25) is 4.79 Å². The zero-order valence-electron chi connectivity index (χ0n) is 11.1. The molecule has 0 aromatic heterocycles. The molecule has 20 heavy (non-hydrogen) atoms. The fourth-order valence-corrected chi connectivity index (χ4v) is 1.61. The Bertz CT molecular complexity index is 493. The summed E-state index contributed by atoms with van der Waals surface area (Å²) in [7, 11) is 1.54. The predicted molar refractivity (Wildman–Crippen MR) is 71.1 cm³/mol. The molecule has 6 nitrogen and oxygen atoms in total. The van der Waals surface area contributed by atoms with E-state index in [1.807, 2.05) is 0 Å². The van der Waals surface area contributed by atoms with Gasteiger partial charge in [0.05, 0.1) is 17.3 Å². The van der Waals surface area contributed by atoms with E-state index in [9.17, 15) is 14.0 Å². The fraction of sp³-hybridized carbons (Fsp3) is 0.385. The molecule has 0 aliphatic carbocycles. The molecule has 0 aliphatic rings. The van der Waals surface area contributed by atoms with E-state index < -0.39 is 23.7 Å². The Hall–Kier alpha value is -1.99. The van der Waals surface area contributed by atoms with Crippen molar-refractivity contribution in [1.82, 2.24) is 0 Å². The van der Waals surface area contributed by atoms with E-state index in [1.165, 1.54) is 7.11 Å². The van der Waals surface area contributed by atoms with Crippen molar-refractivity contribution in [1.29, 1.82) is 0 Å². The molecule has 0 bridgehead atoms. The van der Waals surface area contributed by atoms with E-state index in [0.29, 0.717) is 19.4 Å². The van der Waals surface area contributed by atoms with Crippen molar-refractivity contribution in [3.63, 3.8) is 0 Å². The van der Waals surface area contributed by atoms with Gasteiger partial charge in [-0.25, -0.2) is 9.18 Å². The first kappa shape index (κ1) is 16.1. The first-order valence-corrected chi connectivity index (χ1v) is 6.04. The fourth-order valence-electron chi connectivity index (χ4n) is 1.61. The maximum absolute atomic E-state index is 13.1. The molecule has 1 amide bonds. The van der Waals surface area contributed by atoms with Crippen LogP contribution < -0.4 is 11.1 Å². The van der Waals surface area contributed by atoms with Crippen LogP contribution in [0, 0.1) is 5.82 Å². The smallest absolute Gasteiger partial charge is 0.337 e. The summed E-state index contributed by atoms with van der Waals surface area (Å²) in [5, 5.41) is 11.3. The molecular weight excluding hydrogens is 267 g/mol. The number of rotatable bonds is 7. The Labute approximate surface area is 115 Å². The maximum atomic E-state index is 13.1. The summed E-state index contributed by atoms with van der Waals surface area (Å²) < 4.78 is 18.0. The van der Waals surface area contributed by atoms with Gasteiger partial charge in [0, 0.05) is 13.7 Å². The Morgan fingerprint density at radius 3 is 2.80 bits per heavy atom. The highest BCUT2D eigenvalue weighted by Gasteiger charge is 2.17. The lowest BCUT2D eigenvalue weighted by Gasteiger charge is -2.13. The predicted octanol–water partition coefficient (Wildman–Crippen LogP) is 1.22. The van der Waals surface area contributed by atoms with Crippen LogP contribution in [0.2, 0.25) is 0 Å². The van der Waals surface area contributed by atoms with Gasteiger partial charge in [-0.1, -0.05) is 0 Å². The number of anilines is 1. The first-order chi connectivity index (χ1) is 9.45. The maximum Gasteiger partial charge on any atom is 0.337 e. The van der Waals surface area contributed by atoms with Gasteiger partial charge in [0.1, 0.15) is 5.82 Å². The molecule has 0 spiro atoms. The molecule has 0 saturated heterocycles. The van der Waals surface area contributed by atoms with Gasteiger partial charge < -0.3 is 20.9 Å². The second kappa shape index (κ2) is 7.56. The van der Waals surface area contributed by atoms with Crippen LogP contribution in [0.4, 0.5) is 10.1 Å². The largest absolute Gasteiger partial charge is 0.478 e. The third-order valence-electron chi connectivity index (χ3n) is 2.67. The minimum absolute atomic E-state index is 0.107. The average molecular weight is 284 g/mol. The average Bonchev–Trinajstić information content (AvgIpc) is 2.38. The molecule has 0 saturated carbocycles. The molecule has 1 aromatic rings. The number of benzene rings is 1. The summed E-state index contributed by atoms with van der Waals surface area (Å²) in [5.74, 6) is -2.46. The highest BCUT2D eigenvalue weighted by Crippen LogP contribution is 2.17. The van der Waals surface area contributed by atoms with Crippen LogP contribution in [0.25, 0.3) is 0 Å². The highest BCUT2D eigenvalue weighted by atomic mass is 19.1. The van der Waals surface area contributed by atoms with Crippen molar-refractivity contribution in [3.05, 3.63) is 29.6 Å². The molecule has 0 radical (unpaired) electrons. The molecule has 1 rings (SSSR count). The van der Waals surface area contributed by atoms with Gasteiger partial charge in [0.2, 0.25) is 5.91 Å². The lowest BCUT2D eigenvalue weighted by molar-refractivity contribution is -0.117. The number of halogens is 1. The molecule has 0 aliphatic heterocycles. The van der Waals surface area contributed by atoms with Gasteiger partial charge in [0.15, 0.2) is 0 Å². The standard InChI is InChI=1S/C13H17FN2O4/c1-20-6-2-3-10(15)12(17)16-11-7-8(14)4-5-9(11)13(18)19/h4-5,7,10H,2-3,6,15H2,1H3,(H,16,17)(H,18,19). The van der Waals surface area contributed by atoms with Gasteiger partial charge in [0.25, 0.3) is 0 Å². The van der Waals surface area contributed by atoms with Crippen molar-refractivity contribution in [3.8, 4) is 0 Å². The number of carboxylic acids is 1. The van der Waals surface area contributed by atoms with Crippen molar-refractivity contribution in [2.24, 2.45) is 5.73 Å². The third-order valence-corrected chi connectivity index (χ3v) is 2.67. The number of hydrogen-bond acceptors (Lipinski definition) is 4. The Kier molecular flexibility index (Phi) is 6.08. The molecule has 110 valence electrons. The number of nitrogens with two attached hydrogens (primary N) is 1. The Balaban J connectivity index is 2.74. The number of hydrogen-bond donors (Lipinski definition) is 3. The molecule has 0 fully saturated rings. The summed E-state index contributed by atoms with van der Waals surface area (Å²) in [6, 6.07) is 2.24. The summed E-state index contributed by atoms with van der Waals surface area (Å²) in [5.41, 5.74) is 5.36. The second-order valence-corrected chi connectivity index (χ2v) is 4.23. The van der Waals surface area contributed by atoms with Crippen molar-refractivity contribution >= 4 is 17.6 Å². The number of nitrogens with one attached hydrogen (secondary N) is 1. The Morgan fingerprint density at radius 2 is 2.20 bits per heavy atom. The summed E-state index contributed by atoms with van der Waals surface area (Å²) >= 11 is 0. The van der Waals surface area contributed by atoms with E-state index in [4.69, 9.17) is 15.6 Å². The van der Waals surface area contributed by atoms with Crippen LogP contribution in [-0.2, 0) is 9.53 Å². The SMILES string of the molecule is COCCCC(N)C(=O)Nc1cc(F)ccc1C(=O)O. The molecular formula is C13H17FN2O4.